The van der Waals surface area contributed by atoms with Crippen LogP contribution in [-0.2, 0) is 0 Å². The molecule has 0 bridgehead atoms. The summed E-state index contributed by atoms with van der Waals surface area (Å²) in [7, 11) is 0. The first-order valence-electron chi connectivity index (χ1n) is 8.44. The van der Waals surface area contributed by atoms with E-state index in [1.807, 2.05) is 0 Å². The van der Waals surface area contributed by atoms with Crippen molar-refractivity contribution in [3.63, 3.8) is 0 Å². The molecule has 0 amide bonds. The molecular formula is C19H28N2. The Morgan fingerprint density at radius 1 is 0.952 bits per heavy atom. The minimum absolute atomic E-state index is 0.390. The fourth-order valence-corrected chi connectivity index (χ4v) is 2.83. The lowest BCUT2D eigenvalue weighted by atomic mass is 10.0. The number of fused-ring (bicyclic) bond motifs is 1. The first-order chi connectivity index (χ1) is 10.3. The summed E-state index contributed by atoms with van der Waals surface area (Å²) in [4.78, 5) is 4.85. The number of unbranched alkanes of at least 4 members (excludes halogenated alkanes) is 4. The molecule has 2 nitrogen and oxygen atoms in total. The third kappa shape index (κ3) is 4.82. The van der Waals surface area contributed by atoms with Gasteiger partial charge in [-0.3, -0.25) is 4.98 Å². The summed E-state index contributed by atoms with van der Waals surface area (Å²) in [5.74, 6) is 0. The maximum Gasteiger partial charge on any atom is 0.0706 e. The van der Waals surface area contributed by atoms with E-state index in [0.717, 1.165) is 12.1 Å². The van der Waals surface area contributed by atoms with Crippen LogP contribution in [0.25, 0.3) is 10.9 Å². The molecule has 0 aliphatic rings. The van der Waals surface area contributed by atoms with Crippen molar-refractivity contribution in [3.05, 3.63) is 42.1 Å². The van der Waals surface area contributed by atoms with Crippen LogP contribution in [-0.4, -0.2) is 11.5 Å². The van der Waals surface area contributed by atoms with Gasteiger partial charge in [0.1, 0.15) is 0 Å². The molecule has 0 spiro atoms. The number of benzene rings is 1. The van der Waals surface area contributed by atoms with Crippen molar-refractivity contribution < 1.29 is 0 Å². The van der Waals surface area contributed by atoms with Gasteiger partial charge in [-0.25, -0.2) is 0 Å². The minimum Gasteiger partial charge on any atom is -0.309 e. The SMILES string of the molecule is CCCCCCCC(NCC)c1ccc2ccccc2n1. The van der Waals surface area contributed by atoms with Gasteiger partial charge in [-0.2, -0.15) is 0 Å². The molecule has 21 heavy (non-hydrogen) atoms. The normalized spacial score (nSPS) is 12.7. The molecule has 1 aromatic carbocycles. The predicted octanol–water partition coefficient (Wildman–Crippen LogP) is 5.25. The van der Waals surface area contributed by atoms with Crippen molar-refractivity contribution in [2.45, 2.75) is 58.4 Å². The molecule has 0 aliphatic carbocycles. The quantitative estimate of drug-likeness (QED) is 0.636. The van der Waals surface area contributed by atoms with Crippen LogP contribution in [0.2, 0.25) is 0 Å². The fourth-order valence-electron chi connectivity index (χ4n) is 2.83. The van der Waals surface area contributed by atoms with E-state index in [-0.39, 0.29) is 0 Å². The van der Waals surface area contributed by atoms with Gasteiger partial charge in [0.05, 0.1) is 11.2 Å². The van der Waals surface area contributed by atoms with Crippen molar-refractivity contribution in [2.24, 2.45) is 0 Å². The molecule has 114 valence electrons. The molecule has 1 N–H and O–H groups in total. The third-order valence-electron chi connectivity index (χ3n) is 4.02. The highest BCUT2D eigenvalue weighted by Gasteiger charge is 2.11. The van der Waals surface area contributed by atoms with Crippen LogP contribution in [0.5, 0.6) is 0 Å². The Morgan fingerprint density at radius 2 is 1.76 bits per heavy atom. The van der Waals surface area contributed by atoms with Crippen LogP contribution in [0, 0.1) is 0 Å². The number of rotatable bonds is 9. The number of pyridine rings is 1. The fraction of sp³-hybridized carbons (Fsp3) is 0.526. The van der Waals surface area contributed by atoms with Gasteiger partial charge in [-0.05, 0) is 25.1 Å². The van der Waals surface area contributed by atoms with Crippen LogP contribution >= 0.6 is 0 Å². The molecule has 0 saturated carbocycles. The van der Waals surface area contributed by atoms with Crippen LogP contribution in [0.1, 0.15) is 64.1 Å². The van der Waals surface area contributed by atoms with E-state index in [1.165, 1.54) is 49.6 Å². The summed E-state index contributed by atoms with van der Waals surface area (Å²) in [6.07, 6.45) is 7.84. The molecule has 1 unspecified atom stereocenters. The van der Waals surface area contributed by atoms with Crippen molar-refractivity contribution in [2.75, 3.05) is 6.54 Å². The van der Waals surface area contributed by atoms with Gasteiger partial charge in [0.25, 0.3) is 0 Å². The summed E-state index contributed by atoms with van der Waals surface area (Å²) in [6.45, 7) is 5.43. The highest BCUT2D eigenvalue weighted by molar-refractivity contribution is 5.78. The molecule has 0 radical (unpaired) electrons. The number of aromatic nitrogens is 1. The molecule has 2 heteroatoms. The van der Waals surface area contributed by atoms with Gasteiger partial charge in [-0.15, -0.1) is 0 Å². The summed E-state index contributed by atoms with van der Waals surface area (Å²) in [5.41, 5.74) is 2.29. The Hall–Kier alpha value is -1.41. The Bertz CT molecular complexity index is 536. The molecule has 1 aromatic heterocycles. The number of nitrogens with one attached hydrogen (secondary N) is 1. The lowest BCUT2D eigenvalue weighted by Crippen LogP contribution is -2.21. The second kappa shape index (κ2) is 8.78. The summed E-state index contributed by atoms with van der Waals surface area (Å²) in [6, 6.07) is 13.1. The predicted molar refractivity (Wildman–Crippen MR) is 91.5 cm³/mol. The van der Waals surface area contributed by atoms with E-state index >= 15 is 0 Å². The van der Waals surface area contributed by atoms with Crippen LogP contribution < -0.4 is 5.32 Å². The van der Waals surface area contributed by atoms with Crippen molar-refractivity contribution in [1.29, 1.82) is 0 Å². The van der Waals surface area contributed by atoms with Crippen molar-refractivity contribution >= 4 is 10.9 Å². The zero-order valence-electron chi connectivity index (χ0n) is 13.4. The van der Waals surface area contributed by atoms with E-state index in [0.29, 0.717) is 6.04 Å². The average molecular weight is 284 g/mol. The molecule has 0 saturated heterocycles. The Labute approximate surface area is 129 Å². The monoisotopic (exact) mass is 284 g/mol. The van der Waals surface area contributed by atoms with E-state index in [4.69, 9.17) is 4.98 Å². The van der Waals surface area contributed by atoms with Crippen molar-refractivity contribution in [1.82, 2.24) is 10.3 Å². The third-order valence-corrected chi connectivity index (χ3v) is 4.02. The molecule has 2 aromatic rings. The summed E-state index contributed by atoms with van der Waals surface area (Å²) < 4.78 is 0. The summed E-state index contributed by atoms with van der Waals surface area (Å²) in [5, 5.41) is 4.81. The van der Waals surface area contributed by atoms with E-state index in [9.17, 15) is 0 Å². The highest BCUT2D eigenvalue weighted by Crippen LogP contribution is 2.21. The van der Waals surface area contributed by atoms with Gasteiger partial charge in [0.15, 0.2) is 0 Å². The molecule has 2 rings (SSSR count). The topological polar surface area (TPSA) is 24.9 Å². The number of para-hydroxylation sites is 1. The second-order valence-corrected chi connectivity index (χ2v) is 5.74. The van der Waals surface area contributed by atoms with Crippen LogP contribution in [0.3, 0.4) is 0 Å². The van der Waals surface area contributed by atoms with Crippen molar-refractivity contribution in [3.8, 4) is 0 Å². The molecule has 1 atom stereocenters. The molecular weight excluding hydrogens is 256 g/mol. The van der Waals surface area contributed by atoms with Crippen LogP contribution in [0.4, 0.5) is 0 Å². The Morgan fingerprint density at radius 3 is 2.57 bits per heavy atom. The Kier molecular flexibility index (Phi) is 6.68. The van der Waals surface area contributed by atoms with Gasteiger partial charge >= 0.3 is 0 Å². The smallest absolute Gasteiger partial charge is 0.0706 e. The zero-order chi connectivity index (χ0) is 14.9. The standard InChI is InChI=1S/C19H28N2/c1-3-5-6-7-8-13-18(20-4-2)19-15-14-16-11-9-10-12-17(16)21-19/h9-12,14-15,18,20H,3-8,13H2,1-2H3. The molecule has 0 aliphatic heterocycles. The maximum absolute atomic E-state index is 4.85. The van der Waals surface area contributed by atoms with E-state index in [2.05, 4.69) is 55.6 Å². The number of hydrogen-bond donors (Lipinski definition) is 1. The average Bonchev–Trinajstić information content (AvgIpc) is 2.53. The van der Waals surface area contributed by atoms with Gasteiger partial charge in [0.2, 0.25) is 0 Å². The Balaban J connectivity index is 2.01. The summed E-state index contributed by atoms with van der Waals surface area (Å²) >= 11 is 0. The van der Waals surface area contributed by atoms with Gasteiger partial charge in [0, 0.05) is 11.4 Å². The number of hydrogen-bond acceptors (Lipinski definition) is 2. The van der Waals surface area contributed by atoms with E-state index < -0.39 is 0 Å². The van der Waals surface area contributed by atoms with Gasteiger partial charge in [-0.1, -0.05) is 70.2 Å². The molecule has 1 heterocycles. The molecule has 0 fully saturated rings. The van der Waals surface area contributed by atoms with Crippen LogP contribution in [0.15, 0.2) is 36.4 Å². The lowest BCUT2D eigenvalue weighted by molar-refractivity contribution is 0.471. The minimum atomic E-state index is 0.390. The largest absolute Gasteiger partial charge is 0.309 e. The number of nitrogens with zero attached hydrogens (tertiary/aromatic N) is 1. The first-order valence-corrected chi connectivity index (χ1v) is 8.44. The van der Waals surface area contributed by atoms with E-state index in [1.54, 1.807) is 0 Å². The maximum atomic E-state index is 4.85. The second-order valence-electron chi connectivity index (χ2n) is 5.74. The lowest BCUT2D eigenvalue weighted by Gasteiger charge is -2.18. The first kappa shape index (κ1) is 16.0. The van der Waals surface area contributed by atoms with Gasteiger partial charge < -0.3 is 5.32 Å². The zero-order valence-corrected chi connectivity index (χ0v) is 13.4. The highest BCUT2D eigenvalue weighted by atomic mass is 14.9.